The first-order chi connectivity index (χ1) is 15.2. The minimum atomic E-state index is 0.289. The van der Waals surface area contributed by atoms with Crippen molar-refractivity contribution in [2.45, 2.75) is 0 Å². The second kappa shape index (κ2) is 9.24. The first-order valence-electron chi connectivity index (χ1n) is 10.1. The van der Waals surface area contributed by atoms with Crippen molar-refractivity contribution in [3.8, 4) is 6.07 Å². The third kappa shape index (κ3) is 4.79. The van der Waals surface area contributed by atoms with Gasteiger partial charge in [0, 0.05) is 43.1 Å². The highest BCUT2D eigenvalue weighted by Gasteiger charge is 2.14. The van der Waals surface area contributed by atoms with Gasteiger partial charge in [-0.2, -0.15) is 10.2 Å². The zero-order valence-electron chi connectivity index (χ0n) is 17.2. The van der Waals surface area contributed by atoms with Crippen LogP contribution in [0.1, 0.15) is 15.9 Å². The third-order valence-corrected chi connectivity index (χ3v) is 5.24. The molecule has 1 saturated heterocycles. The number of para-hydroxylation sites is 1. The first-order valence-corrected chi connectivity index (χ1v) is 10.1. The number of benzene rings is 2. The van der Waals surface area contributed by atoms with Gasteiger partial charge in [0.25, 0.3) is 0 Å². The molecular weight excluding hydrogens is 390 g/mol. The van der Waals surface area contributed by atoms with Crippen molar-refractivity contribution in [1.82, 2.24) is 14.9 Å². The summed E-state index contributed by atoms with van der Waals surface area (Å²) >= 11 is 0. The van der Waals surface area contributed by atoms with E-state index in [0.717, 1.165) is 38.2 Å². The lowest BCUT2D eigenvalue weighted by atomic mass is 10.2. The van der Waals surface area contributed by atoms with Gasteiger partial charge in [-0.15, -0.1) is 0 Å². The number of rotatable bonds is 6. The molecule has 8 nitrogen and oxygen atoms in total. The smallest absolute Gasteiger partial charge is 0.229 e. The molecule has 31 heavy (non-hydrogen) atoms. The molecular formula is C23H23N7O. The number of likely N-dealkylation sites (N-methyl/N-ethyl adjacent to an activating group) is 1. The third-order valence-electron chi connectivity index (χ3n) is 5.24. The Hall–Kier alpha value is -3.96. The maximum atomic E-state index is 11.3. The van der Waals surface area contributed by atoms with Gasteiger partial charge in [0.05, 0.1) is 11.9 Å². The summed E-state index contributed by atoms with van der Waals surface area (Å²) < 4.78 is 0. The minimum Gasteiger partial charge on any atom is -0.369 e. The summed E-state index contributed by atoms with van der Waals surface area (Å²) in [6.45, 7) is 4.14. The summed E-state index contributed by atoms with van der Waals surface area (Å²) in [5, 5.41) is 15.7. The second-order valence-corrected chi connectivity index (χ2v) is 7.36. The van der Waals surface area contributed by atoms with E-state index in [1.807, 2.05) is 18.2 Å². The van der Waals surface area contributed by atoms with E-state index in [2.05, 4.69) is 55.7 Å². The highest BCUT2D eigenvalue weighted by molar-refractivity contribution is 5.86. The van der Waals surface area contributed by atoms with Gasteiger partial charge in [-0.1, -0.05) is 12.1 Å². The molecule has 1 aliphatic heterocycles. The summed E-state index contributed by atoms with van der Waals surface area (Å²) in [6.07, 6.45) is 2.22. The van der Waals surface area contributed by atoms with Crippen molar-refractivity contribution in [3.63, 3.8) is 0 Å². The average molecular weight is 413 g/mol. The number of aldehydes is 1. The van der Waals surface area contributed by atoms with Crippen LogP contribution in [0.4, 0.5) is 28.8 Å². The number of nitriles is 1. The molecule has 2 heterocycles. The molecule has 1 aliphatic rings. The number of nitrogens with zero attached hydrogens (tertiary/aromatic N) is 5. The van der Waals surface area contributed by atoms with Crippen molar-refractivity contribution in [1.29, 1.82) is 5.26 Å². The summed E-state index contributed by atoms with van der Waals surface area (Å²) in [5.74, 6) is 0.695. The molecule has 156 valence electrons. The number of hydrogen-bond acceptors (Lipinski definition) is 8. The lowest BCUT2D eigenvalue weighted by Gasteiger charge is -2.34. The van der Waals surface area contributed by atoms with E-state index in [4.69, 9.17) is 0 Å². The van der Waals surface area contributed by atoms with Crippen LogP contribution in [0.25, 0.3) is 0 Å². The maximum Gasteiger partial charge on any atom is 0.229 e. The average Bonchev–Trinajstić information content (AvgIpc) is 2.81. The van der Waals surface area contributed by atoms with E-state index in [0.29, 0.717) is 23.0 Å². The molecule has 0 radical (unpaired) electrons. The molecule has 0 aliphatic carbocycles. The van der Waals surface area contributed by atoms with Gasteiger partial charge in [-0.25, -0.2) is 4.98 Å². The summed E-state index contributed by atoms with van der Waals surface area (Å²) in [6, 6.07) is 17.3. The van der Waals surface area contributed by atoms with Crippen LogP contribution in [0.15, 0.2) is 54.7 Å². The lowest BCUT2D eigenvalue weighted by molar-refractivity contribution is 0.112. The maximum absolute atomic E-state index is 11.3. The SMILES string of the molecule is CN1CCN(c2ccc(Nc3ncc(C#N)c(Nc4ccccc4C=O)n3)cc2)CC1. The fourth-order valence-corrected chi connectivity index (χ4v) is 3.41. The Balaban J connectivity index is 1.50. The number of carbonyl (C=O) groups excluding carboxylic acids is 1. The Bertz CT molecular complexity index is 1100. The normalized spacial score (nSPS) is 14.0. The van der Waals surface area contributed by atoms with Crippen molar-refractivity contribution in [2.24, 2.45) is 0 Å². The molecule has 0 spiro atoms. The Kier molecular flexibility index (Phi) is 6.05. The van der Waals surface area contributed by atoms with Crippen LogP contribution in [0.2, 0.25) is 0 Å². The van der Waals surface area contributed by atoms with Crippen LogP contribution in [0, 0.1) is 11.3 Å². The second-order valence-electron chi connectivity index (χ2n) is 7.36. The largest absolute Gasteiger partial charge is 0.369 e. The highest BCUT2D eigenvalue weighted by Crippen LogP contribution is 2.24. The molecule has 8 heteroatoms. The lowest BCUT2D eigenvalue weighted by Crippen LogP contribution is -2.44. The van der Waals surface area contributed by atoms with Gasteiger partial charge in [-0.3, -0.25) is 4.79 Å². The van der Waals surface area contributed by atoms with Gasteiger partial charge in [0.2, 0.25) is 5.95 Å². The van der Waals surface area contributed by atoms with Crippen LogP contribution in [-0.2, 0) is 0 Å². The number of anilines is 5. The zero-order valence-corrected chi connectivity index (χ0v) is 17.2. The monoisotopic (exact) mass is 413 g/mol. The topological polar surface area (TPSA) is 97.2 Å². The molecule has 0 atom stereocenters. The Morgan fingerprint density at radius 1 is 1.03 bits per heavy atom. The van der Waals surface area contributed by atoms with Gasteiger partial charge in [0.1, 0.15) is 11.6 Å². The molecule has 2 aromatic carbocycles. The first kappa shape index (κ1) is 20.3. The van der Waals surface area contributed by atoms with Crippen LogP contribution < -0.4 is 15.5 Å². The predicted octanol–water partition coefficient (Wildman–Crippen LogP) is 3.40. The van der Waals surface area contributed by atoms with E-state index in [9.17, 15) is 10.1 Å². The van der Waals surface area contributed by atoms with Gasteiger partial charge >= 0.3 is 0 Å². The number of carbonyl (C=O) groups is 1. The van der Waals surface area contributed by atoms with Crippen molar-refractivity contribution in [2.75, 3.05) is 48.8 Å². The highest BCUT2D eigenvalue weighted by atomic mass is 16.1. The molecule has 1 fully saturated rings. The molecule has 0 amide bonds. The molecule has 4 rings (SSSR count). The summed E-state index contributed by atoms with van der Waals surface area (Å²) in [4.78, 5) is 24.7. The van der Waals surface area contributed by atoms with Crippen LogP contribution in [0.3, 0.4) is 0 Å². The number of nitrogens with one attached hydrogen (secondary N) is 2. The van der Waals surface area contributed by atoms with E-state index in [1.165, 1.54) is 11.9 Å². The Morgan fingerprint density at radius 2 is 1.77 bits per heavy atom. The minimum absolute atomic E-state index is 0.289. The van der Waals surface area contributed by atoms with E-state index < -0.39 is 0 Å². The van der Waals surface area contributed by atoms with Crippen LogP contribution in [0.5, 0.6) is 0 Å². The van der Waals surface area contributed by atoms with Crippen molar-refractivity contribution >= 4 is 35.1 Å². The molecule has 0 unspecified atom stereocenters. The molecule has 2 N–H and O–H groups in total. The van der Waals surface area contributed by atoms with Crippen LogP contribution >= 0.6 is 0 Å². The fourth-order valence-electron chi connectivity index (χ4n) is 3.41. The Morgan fingerprint density at radius 3 is 2.48 bits per heavy atom. The van der Waals surface area contributed by atoms with Gasteiger partial charge in [0.15, 0.2) is 12.1 Å². The number of aromatic nitrogens is 2. The predicted molar refractivity (Wildman–Crippen MR) is 121 cm³/mol. The van der Waals surface area contributed by atoms with Crippen molar-refractivity contribution < 1.29 is 4.79 Å². The molecule has 0 bridgehead atoms. The molecule has 0 saturated carbocycles. The standard InChI is InChI=1S/C23H23N7O/c1-29-10-12-30(13-11-29)20-8-6-19(7-9-20)26-23-25-15-18(14-24)22(28-23)27-21-5-3-2-4-17(21)16-31/h2-9,15-16H,10-13H2,1H3,(H2,25,26,27,28). The summed E-state index contributed by atoms with van der Waals surface area (Å²) in [5.41, 5.74) is 3.39. The van der Waals surface area contributed by atoms with E-state index in [1.54, 1.807) is 18.2 Å². The van der Waals surface area contributed by atoms with Crippen molar-refractivity contribution in [3.05, 3.63) is 65.9 Å². The Labute approximate surface area is 181 Å². The number of hydrogen-bond donors (Lipinski definition) is 2. The number of piperazine rings is 1. The van der Waals surface area contributed by atoms with E-state index in [-0.39, 0.29) is 5.56 Å². The summed E-state index contributed by atoms with van der Waals surface area (Å²) in [7, 11) is 2.14. The van der Waals surface area contributed by atoms with E-state index >= 15 is 0 Å². The fraction of sp³-hybridized carbons (Fsp3) is 0.217. The zero-order chi connectivity index (χ0) is 21.6. The van der Waals surface area contributed by atoms with Gasteiger partial charge in [-0.05, 0) is 43.4 Å². The van der Waals surface area contributed by atoms with Gasteiger partial charge < -0.3 is 20.4 Å². The quantitative estimate of drug-likeness (QED) is 0.594. The van der Waals surface area contributed by atoms with Crippen LogP contribution in [-0.4, -0.2) is 54.4 Å². The molecule has 1 aromatic heterocycles. The molecule has 3 aromatic rings.